The minimum atomic E-state index is -0.248. The van der Waals surface area contributed by atoms with Crippen molar-refractivity contribution in [3.8, 4) is 17.7 Å². The van der Waals surface area contributed by atoms with E-state index in [2.05, 4.69) is 22.1 Å². The molecule has 1 unspecified atom stereocenters. The molecule has 24 heavy (non-hydrogen) atoms. The first-order valence-electron chi connectivity index (χ1n) is 7.48. The van der Waals surface area contributed by atoms with Crippen LogP contribution in [0.2, 0.25) is 0 Å². The van der Waals surface area contributed by atoms with Gasteiger partial charge in [-0.1, -0.05) is 11.8 Å². The number of hydrogen-bond acceptors (Lipinski definition) is 5. The van der Waals surface area contributed by atoms with Crippen LogP contribution in [0, 0.1) is 17.8 Å². The summed E-state index contributed by atoms with van der Waals surface area (Å²) in [5.41, 5.74) is 2.73. The fourth-order valence-electron chi connectivity index (χ4n) is 1.85. The Bertz CT molecular complexity index is 681. The lowest BCUT2D eigenvalue weighted by atomic mass is 10.2. The first-order chi connectivity index (χ1) is 11.7. The number of ether oxygens (including phenoxy) is 1. The number of rotatable bonds is 7. The molecule has 0 spiro atoms. The second kappa shape index (κ2) is 9.81. The molecule has 0 bridgehead atoms. The number of aromatic nitrogens is 1. The topological polar surface area (TPSA) is 54.4 Å². The summed E-state index contributed by atoms with van der Waals surface area (Å²) in [4.78, 5) is 4.17. The molecule has 1 heterocycles. The number of halogens is 1. The van der Waals surface area contributed by atoms with Gasteiger partial charge < -0.3 is 15.2 Å². The highest BCUT2D eigenvalue weighted by atomic mass is 32.2. The molecule has 1 atom stereocenters. The number of nitrogens with one attached hydrogen (secondary N) is 1. The van der Waals surface area contributed by atoms with Crippen LogP contribution in [-0.2, 0) is 0 Å². The van der Waals surface area contributed by atoms with Crippen molar-refractivity contribution in [3.05, 3.63) is 53.7 Å². The van der Waals surface area contributed by atoms with Gasteiger partial charge in [-0.3, -0.25) is 0 Å². The van der Waals surface area contributed by atoms with Crippen LogP contribution in [0.4, 0.5) is 9.57 Å². The zero-order chi connectivity index (χ0) is 17.2. The van der Waals surface area contributed by atoms with Crippen LogP contribution in [-0.4, -0.2) is 36.1 Å². The van der Waals surface area contributed by atoms with E-state index in [1.165, 1.54) is 0 Å². The van der Waals surface area contributed by atoms with Crippen molar-refractivity contribution >= 4 is 17.8 Å². The molecule has 1 aromatic carbocycles. The Labute approximate surface area is 145 Å². The Morgan fingerprint density at radius 3 is 2.50 bits per heavy atom. The molecule has 0 aliphatic rings. The van der Waals surface area contributed by atoms with Crippen molar-refractivity contribution in [1.29, 1.82) is 0 Å². The summed E-state index contributed by atoms with van der Waals surface area (Å²) in [6, 6.07) is 11.3. The van der Waals surface area contributed by atoms with Gasteiger partial charge in [0.1, 0.15) is 0 Å². The van der Waals surface area contributed by atoms with E-state index in [1.807, 2.05) is 37.4 Å². The van der Waals surface area contributed by atoms with E-state index in [9.17, 15) is 3.89 Å². The van der Waals surface area contributed by atoms with Crippen LogP contribution in [0.3, 0.4) is 0 Å². The molecule has 0 amide bonds. The van der Waals surface area contributed by atoms with E-state index in [0.29, 0.717) is 5.88 Å². The predicted molar refractivity (Wildman–Crippen MR) is 95.8 cm³/mol. The third-order valence-corrected chi connectivity index (χ3v) is 3.88. The van der Waals surface area contributed by atoms with Crippen LogP contribution in [0.1, 0.15) is 11.1 Å². The maximum atomic E-state index is 12.2. The average Bonchev–Trinajstić information content (AvgIpc) is 2.64. The number of aliphatic hydroxyl groups is 1. The fraction of sp³-hybridized carbons (Fsp3) is 0.278. The summed E-state index contributed by atoms with van der Waals surface area (Å²) in [6.07, 6.45) is 1.63. The van der Waals surface area contributed by atoms with Gasteiger partial charge in [0.25, 0.3) is 0 Å². The maximum Gasteiger partial charge on any atom is 0.213 e. The summed E-state index contributed by atoms with van der Waals surface area (Å²) >= 11 is 0.196. The van der Waals surface area contributed by atoms with Crippen molar-refractivity contribution in [1.82, 2.24) is 4.98 Å². The van der Waals surface area contributed by atoms with Crippen molar-refractivity contribution in [2.24, 2.45) is 5.92 Å². The first-order valence-corrected chi connectivity index (χ1v) is 8.37. The molecule has 0 fully saturated rings. The number of benzene rings is 1. The lowest BCUT2D eigenvalue weighted by molar-refractivity contribution is 0.173. The quantitative estimate of drug-likeness (QED) is 0.755. The lowest BCUT2D eigenvalue weighted by Gasteiger charge is -2.12. The number of hydrogen-bond donors (Lipinski definition) is 2. The molecule has 1 aromatic heterocycles. The molecule has 0 saturated heterocycles. The monoisotopic (exact) mass is 346 g/mol. The molecule has 0 aliphatic heterocycles. The Kier molecular flexibility index (Phi) is 7.40. The Morgan fingerprint density at radius 2 is 1.92 bits per heavy atom. The number of aliphatic hydroxyl groups excluding tert-OH is 1. The van der Waals surface area contributed by atoms with E-state index in [4.69, 9.17) is 9.84 Å². The summed E-state index contributed by atoms with van der Waals surface area (Å²) < 4.78 is 17.6. The van der Waals surface area contributed by atoms with Gasteiger partial charge in [0.2, 0.25) is 5.88 Å². The molecule has 2 aromatic rings. The highest BCUT2D eigenvalue weighted by Gasteiger charge is 2.09. The highest BCUT2D eigenvalue weighted by Crippen LogP contribution is 2.13. The summed E-state index contributed by atoms with van der Waals surface area (Å²) in [5, 5.41) is 12.1. The highest BCUT2D eigenvalue weighted by molar-refractivity contribution is 7.94. The second-order valence-corrected chi connectivity index (χ2v) is 5.65. The van der Waals surface area contributed by atoms with Crippen LogP contribution in [0.5, 0.6) is 5.88 Å². The lowest BCUT2D eigenvalue weighted by Crippen LogP contribution is -2.18. The summed E-state index contributed by atoms with van der Waals surface area (Å²) in [7, 11) is 1.87. The zero-order valence-corrected chi connectivity index (χ0v) is 14.1. The van der Waals surface area contributed by atoms with Crippen LogP contribution >= 0.6 is 12.1 Å². The van der Waals surface area contributed by atoms with Gasteiger partial charge >= 0.3 is 0 Å². The normalized spacial score (nSPS) is 11.3. The van der Waals surface area contributed by atoms with E-state index >= 15 is 0 Å². The Morgan fingerprint density at radius 1 is 1.21 bits per heavy atom. The smallest absolute Gasteiger partial charge is 0.213 e. The van der Waals surface area contributed by atoms with Crippen molar-refractivity contribution < 1.29 is 13.7 Å². The fourth-order valence-corrected chi connectivity index (χ4v) is 2.23. The Hall–Kier alpha value is -2.23. The van der Waals surface area contributed by atoms with Gasteiger partial charge in [0, 0.05) is 59.9 Å². The van der Waals surface area contributed by atoms with Gasteiger partial charge in [-0.25, -0.2) is 4.98 Å². The summed E-state index contributed by atoms with van der Waals surface area (Å²) in [6.45, 7) is 0.107. The molecule has 0 aliphatic carbocycles. The van der Waals surface area contributed by atoms with Crippen LogP contribution in [0.25, 0.3) is 0 Å². The number of anilines is 1. The number of pyridine rings is 1. The summed E-state index contributed by atoms with van der Waals surface area (Å²) in [5.74, 6) is 6.50. The number of nitrogens with zero attached hydrogens (tertiary/aromatic N) is 1. The van der Waals surface area contributed by atoms with E-state index < -0.39 is 0 Å². The van der Waals surface area contributed by atoms with Gasteiger partial charge in [0.15, 0.2) is 0 Å². The van der Waals surface area contributed by atoms with Gasteiger partial charge in [-0.05, 0) is 30.3 Å². The standard InChI is InChI=1S/C18H19FN2O2S/c1-20-17-7-4-14(5-8-17)2-3-15-6-9-18(21-10-15)23-12-16(11-22)13-24-19/h4-10,16,20,22H,11-13H2,1H3. The molecule has 4 nitrogen and oxygen atoms in total. The third-order valence-electron chi connectivity index (χ3n) is 3.28. The molecule has 0 radical (unpaired) electrons. The largest absolute Gasteiger partial charge is 0.477 e. The van der Waals surface area contributed by atoms with E-state index in [1.54, 1.807) is 12.3 Å². The predicted octanol–water partition coefficient (Wildman–Crippen LogP) is 3.13. The van der Waals surface area contributed by atoms with Crippen molar-refractivity contribution in [2.75, 3.05) is 31.3 Å². The minimum Gasteiger partial charge on any atom is -0.477 e. The van der Waals surface area contributed by atoms with Gasteiger partial charge in [-0.15, -0.1) is 0 Å². The van der Waals surface area contributed by atoms with Gasteiger partial charge in [0.05, 0.1) is 13.2 Å². The molecule has 0 saturated carbocycles. The van der Waals surface area contributed by atoms with Crippen LogP contribution < -0.4 is 10.1 Å². The molecule has 2 rings (SSSR count). The van der Waals surface area contributed by atoms with Crippen molar-refractivity contribution in [3.63, 3.8) is 0 Å². The van der Waals surface area contributed by atoms with Crippen LogP contribution in [0.15, 0.2) is 42.6 Å². The minimum absolute atomic E-state index is 0.118. The second-order valence-electron chi connectivity index (χ2n) is 5.10. The molecule has 6 heteroatoms. The van der Waals surface area contributed by atoms with E-state index in [-0.39, 0.29) is 37.0 Å². The average molecular weight is 346 g/mol. The Balaban J connectivity index is 1.93. The SMILES string of the molecule is CNc1ccc(C#Cc2ccc(OCC(CO)CSF)nc2)cc1. The molecule has 126 valence electrons. The zero-order valence-electron chi connectivity index (χ0n) is 13.3. The van der Waals surface area contributed by atoms with Crippen molar-refractivity contribution in [2.45, 2.75) is 0 Å². The first kappa shape index (κ1) is 18.1. The molecule has 2 N–H and O–H groups in total. The maximum absolute atomic E-state index is 12.2. The molecular formula is C18H19FN2O2S. The molecular weight excluding hydrogens is 327 g/mol. The third kappa shape index (κ3) is 5.76. The van der Waals surface area contributed by atoms with Gasteiger partial charge in [-0.2, -0.15) is 3.89 Å². The van der Waals surface area contributed by atoms with E-state index in [0.717, 1.165) is 16.8 Å².